The molecule has 1 fully saturated rings. The van der Waals surface area contributed by atoms with E-state index in [0.29, 0.717) is 6.42 Å². The van der Waals surface area contributed by atoms with Crippen molar-refractivity contribution in [1.82, 2.24) is 5.32 Å². The molecule has 1 aliphatic heterocycles. The molecule has 0 spiro atoms. The van der Waals surface area contributed by atoms with Crippen LogP contribution in [-0.4, -0.2) is 22.7 Å². The van der Waals surface area contributed by atoms with E-state index in [0.717, 1.165) is 5.56 Å². The number of alkyl carbamates (subject to hydrolysis) is 1. The number of hydrogen-bond donors (Lipinski definition) is 2. The second-order valence-corrected chi connectivity index (χ2v) is 3.98. The molecule has 0 saturated carbocycles. The van der Waals surface area contributed by atoms with Gasteiger partial charge in [-0.15, -0.1) is 0 Å². The molecule has 0 aromatic heterocycles. The topological polar surface area (TPSA) is 75.6 Å². The van der Waals surface area contributed by atoms with Gasteiger partial charge in [-0.05, 0) is 24.6 Å². The standard InChI is InChI=1S/C11H11NO4/c1-11(9(14)16-10(15)12-11)6-7-2-4-8(13)5-3-7/h2-5,13H,6H2,1H3,(H,12,15)/t11-/m1/s1. The number of phenols is 1. The number of hydrogen-bond acceptors (Lipinski definition) is 4. The van der Waals surface area contributed by atoms with Crippen LogP contribution in [0.25, 0.3) is 0 Å². The van der Waals surface area contributed by atoms with Crippen molar-refractivity contribution in [2.45, 2.75) is 18.9 Å². The Kier molecular flexibility index (Phi) is 2.30. The van der Waals surface area contributed by atoms with E-state index >= 15 is 0 Å². The van der Waals surface area contributed by atoms with Gasteiger partial charge in [0.15, 0.2) is 0 Å². The monoisotopic (exact) mass is 221 g/mol. The summed E-state index contributed by atoms with van der Waals surface area (Å²) in [5.41, 5.74) is -0.187. The maximum absolute atomic E-state index is 11.4. The summed E-state index contributed by atoms with van der Waals surface area (Å²) in [5, 5.41) is 11.6. The molecule has 5 nitrogen and oxygen atoms in total. The first-order valence-corrected chi connectivity index (χ1v) is 4.82. The van der Waals surface area contributed by atoms with Gasteiger partial charge in [0.1, 0.15) is 11.3 Å². The lowest BCUT2D eigenvalue weighted by Crippen LogP contribution is -2.45. The second kappa shape index (κ2) is 3.52. The number of amides is 1. The molecule has 1 amide bonds. The van der Waals surface area contributed by atoms with E-state index in [-0.39, 0.29) is 5.75 Å². The summed E-state index contributed by atoms with van der Waals surface area (Å²) in [6, 6.07) is 6.44. The lowest BCUT2D eigenvalue weighted by molar-refractivity contribution is -0.138. The summed E-state index contributed by atoms with van der Waals surface area (Å²) in [5.74, 6) is -0.419. The fourth-order valence-corrected chi connectivity index (χ4v) is 1.64. The van der Waals surface area contributed by atoms with Crippen LogP contribution >= 0.6 is 0 Å². The number of ether oxygens (including phenoxy) is 1. The molecule has 1 aliphatic rings. The van der Waals surface area contributed by atoms with Gasteiger partial charge in [0, 0.05) is 6.42 Å². The van der Waals surface area contributed by atoms with Crippen LogP contribution < -0.4 is 5.32 Å². The quantitative estimate of drug-likeness (QED) is 0.576. The van der Waals surface area contributed by atoms with Gasteiger partial charge in [-0.25, -0.2) is 9.59 Å². The highest BCUT2D eigenvalue weighted by Gasteiger charge is 2.44. The number of carbonyl (C=O) groups is 2. The van der Waals surface area contributed by atoms with Gasteiger partial charge in [0.2, 0.25) is 0 Å². The largest absolute Gasteiger partial charge is 0.508 e. The first-order chi connectivity index (χ1) is 7.49. The van der Waals surface area contributed by atoms with Crippen molar-refractivity contribution in [3.63, 3.8) is 0 Å². The van der Waals surface area contributed by atoms with Crippen molar-refractivity contribution in [1.29, 1.82) is 0 Å². The Bertz CT molecular complexity index is 440. The van der Waals surface area contributed by atoms with Crippen LogP contribution in [0.15, 0.2) is 24.3 Å². The van der Waals surface area contributed by atoms with Gasteiger partial charge in [-0.3, -0.25) is 0 Å². The molecular weight excluding hydrogens is 210 g/mol. The maximum Gasteiger partial charge on any atom is 0.415 e. The smallest absolute Gasteiger partial charge is 0.415 e. The molecule has 0 aliphatic carbocycles. The third-order valence-electron chi connectivity index (χ3n) is 2.51. The van der Waals surface area contributed by atoms with Crippen LogP contribution in [0.1, 0.15) is 12.5 Å². The van der Waals surface area contributed by atoms with E-state index in [1.165, 1.54) is 12.1 Å². The van der Waals surface area contributed by atoms with Crippen LogP contribution in [0.2, 0.25) is 0 Å². The third kappa shape index (κ3) is 1.84. The predicted molar refractivity (Wildman–Crippen MR) is 54.8 cm³/mol. The first kappa shape index (κ1) is 10.5. The van der Waals surface area contributed by atoms with Crippen LogP contribution in [0.4, 0.5) is 4.79 Å². The minimum absolute atomic E-state index is 0.159. The Labute approximate surface area is 92.0 Å². The lowest BCUT2D eigenvalue weighted by atomic mass is 9.94. The summed E-state index contributed by atoms with van der Waals surface area (Å²) < 4.78 is 4.43. The third-order valence-corrected chi connectivity index (χ3v) is 2.51. The molecule has 1 aromatic rings. The van der Waals surface area contributed by atoms with E-state index in [9.17, 15) is 9.59 Å². The van der Waals surface area contributed by atoms with E-state index in [1.807, 2.05) is 0 Å². The number of nitrogens with one attached hydrogen (secondary N) is 1. The molecular formula is C11H11NO4. The Balaban J connectivity index is 2.18. The minimum Gasteiger partial charge on any atom is -0.508 e. The number of esters is 1. The van der Waals surface area contributed by atoms with E-state index in [4.69, 9.17) is 5.11 Å². The Morgan fingerprint density at radius 1 is 1.31 bits per heavy atom. The fourth-order valence-electron chi connectivity index (χ4n) is 1.64. The molecule has 0 radical (unpaired) electrons. The van der Waals surface area contributed by atoms with Crippen LogP contribution in [0.5, 0.6) is 5.75 Å². The Morgan fingerprint density at radius 2 is 1.94 bits per heavy atom. The zero-order valence-corrected chi connectivity index (χ0v) is 8.69. The van der Waals surface area contributed by atoms with Gasteiger partial charge in [0.25, 0.3) is 0 Å². The molecule has 1 aromatic carbocycles. The van der Waals surface area contributed by atoms with Gasteiger partial charge >= 0.3 is 12.1 Å². The fraction of sp³-hybridized carbons (Fsp3) is 0.273. The highest BCUT2D eigenvalue weighted by Crippen LogP contribution is 2.21. The molecule has 2 rings (SSSR count). The van der Waals surface area contributed by atoms with Crippen molar-refractivity contribution in [3.8, 4) is 5.75 Å². The lowest BCUT2D eigenvalue weighted by Gasteiger charge is -2.18. The Morgan fingerprint density at radius 3 is 2.44 bits per heavy atom. The number of carbonyl (C=O) groups excluding carboxylic acids is 2. The van der Waals surface area contributed by atoms with Crippen molar-refractivity contribution in [3.05, 3.63) is 29.8 Å². The molecule has 1 heterocycles. The van der Waals surface area contributed by atoms with Crippen molar-refractivity contribution < 1.29 is 19.4 Å². The highest BCUT2D eigenvalue weighted by atomic mass is 16.6. The normalized spacial score (nSPS) is 24.1. The number of cyclic esters (lactones) is 2. The van der Waals surface area contributed by atoms with Crippen molar-refractivity contribution in [2.75, 3.05) is 0 Å². The van der Waals surface area contributed by atoms with Gasteiger partial charge < -0.3 is 15.2 Å². The van der Waals surface area contributed by atoms with Gasteiger partial charge in [0.05, 0.1) is 0 Å². The molecule has 5 heteroatoms. The molecule has 1 atom stereocenters. The van der Waals surface area contributed by atoms with E-state index in [2.05, 4.69) is 10.1 Å². The SMILES string of the molecule is C[C@]1(Cc2ccc(O)cc2)NC(=O)OC1=O. The van der Waals surface area contributed by atoms with E-state index < -0.39 is 17.6 Å². The number of benzene rings is 1. The predicted octanol–water partition coefficient (Wildman–Crippen LogP) is 0.960. The van der Waals surface area contributed by atoms with Crippen LogP contribution in [0.3, 0.4) is 0 Å². The molecule has 2 N–H and O–H groups in total. The van der Waals surface area contributed by atoms with Crippen LogP contribution in [0, 0.1) is 0 Å². The highest BCUT2D eigenvalue weighted by molar-refractivity contribution is 5.98. The van der Waals surface area contributed by atoms with E-state index in [1.54, 1.807) is 19.1 Å². The Hall–Kier alpha value is -2.04. The molecule has 84 valence electrons. The molecule has 0 unspecified atom stereocenters. The average Bonchev–Trinajstić information content (AvgIpc) is 2.44. The maximum atomic E-state index is 11.4. The number of phenolic OH excluding ortho intramolecular Hbond substituents is 1. The minimum atomic E-state index is -1.02. The average molecular weight is 221 g/mol. The number of rotatable bonds is 2. The summed E-state index contributed by atoms with van der Waals surface area (Å²) >= 11 is 0. The van der Waals surface area contributed by atoms with Crippen molar-refractivity contribution >= 4 is 12.1 Å². The zero-order chi connectivity index (χ0) is 11.8. The molecule has 1 saturated heterocycles. The molecule has 0 bridgehead atoms. The second-order valence-electron chi connectivity index (χ2n) is 3.98. The summed E-state index contributed by atoms with van der Waals surface area (Å²) in [6.45, 7) is 1.60. The molecule has 16 heavy (non-hydrogen) atoms. The first-order valence-electron chi connectivity index (χ1n) is 4.82. The number of aromatic hydroxyl groups is 1. The van der Waals surface area contributed by atoms with Crippen molar-refractivity contribution in [2.24, 2.45) is 0 Å². The summed E-state index contributed by atoms with van der Waals surface area (Å²) in [7, 11) is 0. The van der Waals surface area contributed by atoms with Gasteiger partial charge in [-0.2, -0.15) is 0 Å². The summed E-state index contributed by atoms with van der Waals surface area (Å²) in [6.07, 6.45) is -0.385. The van der Waals surface area contributed by atoms with Gasteiger partial charge in [-0.1, -0.05) is 12.1 Å². The summed E-state index contributed by atoms with van der Waals surface area (Å²) in [4.78, 5) is 22.3. The van der Waals surface area contributed by atoms with Crippen LogP contribution in [-0.2, 0) is 16.0 Å². The zero-order valence-electron chi connectivity index (χ0n) is 8.69.